The molecule has 98 valence electrons. The second kappa shape index (κ2) is 5.53. The maximum atomic E-state index is 11.0. The Hall–Kier alpha value is -2.34. The second-order valence-electron chi connectivity index (χ2n) is 3.81. The van der Waals surface area contributed by atoms with Crippen molar-refractivity contribution in [1.82, 2.24) is 0 Å². The number of thiophene rings is 1. The van der Waals surface area contributed by atoms with Gasteiger partial charge in [-0.3, -0.25) is 4.79 Å². The molecule has 6 heteroatoms. The first kappa shape index (κ1) is 13.1. The number of carboxylic acid groups (broad SMARTS) is 1. The van der Waals surface area contributed by atoms with Crippen molar-refractivity contribution in [3.8, 4) is 5.75 Å². The first-order valence-electron chi connectivity index (χ1n) is 5.39. The molecule has 2 aromatic rings. The Kier molecular flexibility index (Phi) is 3.82. The number of hydrogen-bond acceptors (Lipinski definition) is 4. The van der Waals surface area contributed by atoms with Crippen molar-refractivity contribution in [3.05, 3.63) is 51.7 Å². The van der Waals surface area contributed by atoms with Crippen molar-refractivity contribution in [1.29, 1.82) is 0 Å². The van der Waals surface area contributed by atoms with E-state index in [-0.39, 0.29) is 11.5 Å². The molecule has 1 amide bonds. The molecule has 5 nitrogen and oxygen atoms in total. The predicted molar refractivity (Wildman–Crippen MR) is 70.6 cm³/mol. The number of benzene rings is 1. The quantitative estimate of drug-likeness (QED) is 0.876. The van der Waals surface area contributed by atoms with E-state index in [4.69, 9.17) is 15.6 Å². The largest absolute Gasteiger partial charge is 0.488 e. The van der Waals surface area contributed by atoms with Crippen LogP contribution in [-0.4, -0.2) is 17.0 Å². The van der Waals surface area contributed by atoms with Gasteiger partial charge in [-0.05, 0) is 17.7 Å². The van der Waals surface area contributed by atoms with E-state index in [9.17, 15) is 9.59 Å². The first-order chi connectivity index (χ1) is 9.06. The zero-order valence-electron chi connectivity index (χ0n) is 9.83. The highest BCUT2D eigenvalue weighted by molar-refractivity contribution is 7.12. The Morgan fingerprint density at radius 3 is 2.74 bits per heavy atom. The minimum atomic E-state index is -0.976. The summed E-state index contributed by atoms with van der Waals surface area (Å²) in [5.41, 5.74) is 6.39. The molecular formula is C13H11NO4S. The van der Waals surface area contributed by atoms with Gasteiger partial charge in [0.2, 0.25) is 5.91 Å². The molecular weight excluding hydrogens is 266 g/mol. The van der Waals surface area contributed by atoms with Crippen LogP contribution < -0.4 is 10.5 Å². The van der Waals surface area contributed by atoms with Gasteiger partial charge in [0.1, 0.15) is 17.2 Å². The van der Waals surface area contributed by atoms with Crippen LogP contribution in [0.2, 0.25) is 0 Å². The van der Waals surface area contributed by atoms with Crippen LogP contribution in [0.15, 0.2) is 35.7 Å². The number of ether oxygens (including phenoxy) is 1. The number of amides is 1. The molecule has 0 aliphatic heterocycles. The number of nitrogens with two attached hydrogens (primary N) is 1. The van der Waals surface area contributed by atoms with E-state index < -0.39 is 11.9 Å². The molecule has 0 atom stereocenters. The summed E-state index contributed by atoms with van der Waals surface area (Å²) in [7, 11) is 0. The lowest BCUT2D eigenvalue weighted by atomic mass is 10.1. The Morgan fingerprint density at radius 2 is 2.11 bits per heavy atom. The number of hydrogen-bond donors (Lipinski definition) is 2. The molecule has 0 saturated heterocycles. The normalized spacial score (nSPS) is 10.1. The Balaban J connectivity index is 2.03. The summed E-state index contributed by atoms with van der Waals surface area (Å²) in [5.74, 6) is -0.979. The number of primary amides is 1. The predicted octanol–water partition coefficient (Wildman–Crippen LogP) is 2.12. The van der Waals surface area contributed by atoms with Crippen LogP contribution in [0.3, 0.4) is 0 Å². The molecule has 1 aromatic heterocycles. The van der Waals surface area contributed by atoms with Gasteiger partial charge in [-0.15, -0.1) is 11.3 Å². The lowest BCUT2D eigenvalue weighted by Crippen LogP contribution is -2.11. The van der Waals surface area contributed by atoms with Gasteiger partial charge in [0.05, 0.1) is 0 Å². The van der Waals surface area contributed by atoms with E-state index >= 15 is 0 Å². The fourth-order valence-corrected chi connectivity index (χ4v) is 2.15. The molecule has 3 N–H and O–H groups in total. The van der Waals surface area contributed by atoms with Crippen LogP contribution in [0.5, 0.6) is 5.75 Å². The van der Waals surface area contributed by atoms with Crippen LogP contribution in [-0.2, 0) is 6.61 Å². The molecule has 0 fully saturated rings. The molecule has 19 heavy (non-hydrogen) atoms. The standard InChI is InChI=1S/C13H11NO4S/c14-12(15)9-3-1-2-8(4-9)6-18-10-5-11(13(16)17)19-7-10/h1-5,7H,6H2,(H2,14,15)(H,16,17). The number of carboxylic acids is 1. The monoisotopic (exact) mass is 277 g/mol. The van der Waals surface area contributed by atoms with E-state index in [1.54, 1.807) is 29.6 Å². The SMILES string of the molecule is NC(=O)c1cccc(COc2csc(C(=O)O)c2)c1. The van der Waals surface area contributed by atoms with Crippen molar-refractivity contribution in [2.45, 2.75) is 6.61 Å². The maximum Gasteiger partial charge on any atom is 0.346 e. The van der Waals surface area contributed by atoms with Crippen molar-refractivity contribution < 1.29 is 19.4 Å². The third-order valence-corrected chi connectivity index (χ3v) is 3.30. The summed E-state index contributed by atoms with van der Waals surface area (Å²) in [5, 5.41) is 10.4. The van der Waals surface area contributed by atoms with Crippen molar-refractivity contribution in [2.24, 2.45) is 5.73 Å². The molecule has 0 spiro atoms. The average molecular weight is 277 g/mol. The summed E-state index contributed by atoms with van der Waals surface area (Å²) >= 11 is 1.10. The number of carbonyl (C=O) groups excluding carboxylic acids is 1. The van der Waals surface area contributed by atoms with E-state index in [0.717, 1.165) is 16.9 Å². The maximum absolute atomic E-state index is 11.0. The highest BCUT2D eigenvalue weighted by Crippen LogP contribution is 2.22. The van der Waals surface area contributed by atoms with Crippen molar-refractivity contribution >= 4 is 23.2 Å². The average Bonchev–Trinajstić information content (AvgIpc) is 2.85. The number of rotatable bonds is 5. The van der Waals surface area contributed by atoms with Gasteiger partial charge in [-0.1, -0.05) is 12.1 Å². The van der Waals surface area contributed by atoms with Crippen LogP contribution in [0.25, 0.3) is 0 Å². The third-order valence-electron chi connectivity index (χ3n) is 2.40. The van der Waals surface area contributed by atoms with Crippen LogP contribution >= 0.6 is 11.3 Å². The third kappa shape index (κ3) is 3.32. The van der Waals surface area contributed by atoms with Crippen molar-refractivity contribution in [2.75, 3.05) is 0 Å². The Labute approximate surface area is 113 Å². The van der Waals surface area contributed by atoms with Gasteiger partial charge in [0, 0.05) is 17.0 Å². The molecule has 1 aromatic carbocycles. The highest BCUT2D eigenvalue weighted by atomic mass is 32.1. The molecule has 0 aliphatic rings. The fourth-order valence-electron chi connectivity index (χ4n) is 1.49. The smallest absolute Gasteiger partial charge is 0.346 e. The molecule has 0 bridgehead atoms. The van der Waals surface area contributed by atoms with Gasteiger partial charge in [0.15, 0.2) is 0 Å². The lowest BCUT2D eigenvalue weighted by Gasteiger charge is -2.04. The fraction of sp³-hybridized carbons (Fsp3) is 0.0769. The van der Waals surface area contributed by atoms with Crippen LogP contribution in [0.1, 0.15) is 25.6 Å². The summed E-state index contributed by atoms with van der Waals surface area (Å²) in [6, 6.07) is 8.25. The number of carbonyl (C=O) groups is 2. The van der Waals surface area contributed by atoms with Gasteiger partial charge < -0.3 is 15.6 Å². The van der Waals surface area contributed by atoms with E-state index in [0.29, 0.717) is 11.3 Å². The molecule has 1 heterocycles. The van der Waals surface area contributed by atoms with E-state index in [1.807, 2.05) is 0 Å². The van der Waals surface area contributed by atoms with Crippen LogP contribution in [0, 0.1) is 0 Å². The number of aromatic carboxylic acids is 1. The summed E-state index contributed by atoms with van der Waals surface area (Å²) < 4.78 is 5.45. The topological polar surface area (TPSA) is 89.6 Å². The Bertz CT molecular complexity index is 621. The minimum Gasteiger partial charge on any atom is -0.488 e. The van der Waals surface area contributed by atoms with Crippen LogP contribution in [0.4, 0.5) is 0 Å². The molecule has 0 saturated carbocycles. The van der Waals surface area contributed by atoms with Gasteiger partial charge in [-0.2, -0.15) is 0 Å². The molecule has 0 aliphatic carbocycles. The summed E-state index contributed by atoms with van der Waals surface area (Å²) in [6.45, 7) is 0.247. The highest BCUT2D eigenvalue weighted by Gasteiger charge is 2.08. The molecule has 2 rings (SSSR count). The van der Waals surface area contributed by atoms with Gasteiger partial charge in [-0.25, -0.2) is 4.79 Å². The lowest BCUT2D eigenvalue weighted by molar-refractivity contribution is 0.0701. The zero-order valence-corrected chi connectivity index (χ0v) is 10.6. The second-order valence-corrected chi connectivity index (χ2v) is 4.72. The summed E-state index contributed by atoms with van der Waals surface area (Å²) in [4.78, 5) is 22.0. The van der Waals surface area contributed by atoms with Crippen molar-refractivity contribution in [3.63, 3.8) is 0 Å². The molecule has 0 radical (unpaired) electrons. The van der Waals surface area contributed by atoms with Gasteiger partial charge >= 0.3 is 5.97 Å². The van der Waals surface area contributed by atoms with E-state index in [2.05, 4.69) is 0 Å². The Morgan fingerprint density at radius 1 is 1.32 bits per heavy atom. The van der Waals surface area contributed by atoms with Gasteiger partial charge in [0.25, 0.3) is 0 Å². The van der Waals surface area contributed by atoms with E-state index in [1.165, 1.54) is 6.07 Å². The zero-order chi connectivity index (χ0) is 13.8. The first-order valence-corrected chi connectivity index (χ1v) is 6.27. The molecule has 0 unspecified atom stereocenters. The minimum absolute atomic E-state index is 0.223. The summed E-state index contributed by atoms with van der Waals surface area (Å²) in [6.07, 6.45) is 0.